The van der Waals surface area contributed by atoms with Crippen molar-refractivity contribution in [2.45, 2.75) is 25.7 Å². The van der Waals surface area contributed by atoms with Gasteiger partial charge >= 0.3 is 5.97 Å². The van der Waals surface area contributed by atoms with Crippen LogP contribution in [0.25, 0.3) is 0 Å². The van der Waals surface area contributed by atoms with E-state index in [9.17, 15) is 9.90 Å². The van der Waals surface area contributed by atoms with E-state index < -0.39 is 5.97 Å². The fraction of sp³-hybridized carbons (Fsp3) is 0.333. The summed E-state index contributed by atoms with van der Waals surface area (Å²) in [6.45, 7) is 2.04. The van der Waals surface area contributed by atoms with Crippen LogP contribution < -0.4 is 4.90 Å². The molecular formula is C15H16N2O2S. The molecule has 0 spiro atoms. The molecule has 1 fully saturated rings. The zero-order valence-electron chi connectivity index (χ0n) is 11.5. The van der Waals surface area contributed by atoms with Gasteiger partial charge in [0.15, 0.2) is 5.13 Å². The van der Waals surface area contributed by atoms with Gasteiger partial charge in [-0.05, 0) is 31.4 Å². The first-order valence-corrected chi connectivity index (χ1v) is 7.43. The monoisotopic (exact) mass is 288 g/mol. The first kappa shape index (κ1) is 13.1. The van der Waals surface area contributed by atoms with E-state index in [0.717, 1.165) is 34.9 Å². The minimum Gasteiger partial charge on any atom is -0.477 e. The highest BCUT2D eigenvalue weighted by Crippen LogP contribution is 2.44. The lowest BCUT2D eigenvalue weighted by molar-refractivity contribution is 0.0700. The molecule has 2 aromatic rings. The lowest BCUT2D eigenvalue weighted by Gasteiger charge is -2.18. The number of rotatable bonds is 4. The number of aromatic carboxylic acids is 1. The van der Waals surface area contributed by atoms with Crippen molar-refractivity contribution in [1.29, 1.82) is 0 Å². The third-order valence-corrected chi connectivity index (χ3v) is 4.70. The second kappa shape index (κ2) is 4.90. The number of aryl methyl sites for hydroxylation is 1. The van der Waals surface area contributed by atoms with Crippen LogP contribution in [0.2, 0.25) is 0 Å². The third-order valence-electron chi connectivity index (χ3n) is 3.56. The van der Waals surface area contributed by atoms with Gasteiger partial charge in [-0.1, -0.05) is 29.5 Å². The van der Waals surface area contributed by atoms with Crippen LogP contribution in [0.15, 0.2) is 24.3 Å². The van der Waals surface area contributed by atoms with Crippen molar-refractivity contribution in [3.05, 3.63) is 40.4 Å². The number of para-hydroxylation sites is 1. The van der Waals surface area contributed by atoms with Crippen LogP contribution in [-0.4, -0.2) is 23.1 Å². The lowest BCUT2D eigenvalue weighted by Crippen LogP contribution is -2.10. The number of anilines is 2. The first-order chi connectivity index (χ1) is 9.58. The Labute approximate surface area is 121 Å². The van der Waals surface area contributed by atoms with Crippen molar-refractivity contribution in [3.8, 4) is 0 Å². The summed E-state index contributed by atoms with van der Waals surface area (Å²) in [4.78, 5) is 18.3. The molecule has 4 nitrogen and oxygen atoms in total. The fourth-order valence-electron chi connectivity index (χ4n) is 2.29. The number of aromatic nitrogens is 1. The van der Waals surface area contributed by atoms with Gasteiger partial charge in [-0.2, -0.15) is 0 Å². The maximum Gasteiger partial charge on any atom is 0.347 e. The highest BCUT2D eigenvalue weighted by molar-refractivity contribution is 7.17. The van der Waals surface area contributed by atoms with Crippen molar-refractivity contribution in [2.24, 2.45) is 0 Å². The van der Waals surface area contributed by atoms with Crippen LogP contribution in [0.5, 0.6) is 0 Å². The molecule has 0 amide bonds. The molecular weight excluding hydrogens is 272 g/mol. The molecule has 1 heterocycles. The number of benzene rings is 1. The van der Waals surface area contributed by atoms with Crippen molar-refractivity contribution in [2.75, 3.05) is 11.9 Å². The Bertz CT molecular complexity index is 662. The van der Waals surface area contributed by atoms with Gasteiger partial charge in [0.1, 0.15) is 4.88 Å². The molecule has 1 aliphatic rings. The molecule has 1 aromatic carbocycles. The molecule has 1 aliphatic carbocycles. The maximum atomic E-state index is 11.3. The summed E-state index contributed by atoms with van der Waals surface area (Å²) in [6.07, 6.45) is 2.11. The van der Waals surface area contributed by atoms with E-state index in [0.29, 0.717) is 10.8 Å². The maximum absolute atomic E-state index is 11.3. The number of carboxylic acids is 1. The van der Waals surface area contributed by atoms with E-state index >= 15 is 0 Å². The Hall–Kier alpha value is -1.88. The second-order valence-electron chi connectivity index (χ2n) is 5.14. The van der Waals surface area contributed by atoms with Crippen LogP contribution in [-0.2, 0) is 0 Å². The van der Waals surface area contributed by atoms with Crippen LogP contribution >= 0.6 is 11.3 Å². The van der Waals surface area contributed by atoms with E-state index in [4.69, 9.17) is 0 Å². The molecule has 1 saturated carbocycles. The van der Waals surface area contributed by atoms with Gasteiger partial charge in [0.05, 0.1) is 5.69 Å². The van der Waals surface area contributed by atoms with E-state index in [1.165, 1.54) is 11.3 Å². The summed E-state index contributed by atoms with van der Waals surface area (Å²) in [5.74, 6) is -0.523. The van der Waals surface area contributed by atoms with Crippen LogP contribution in [0.3, 0.4) is 0 Å². The van der Waals surface area contributed by atoms with Gasteiger partial charge in [0.2, 0.25) is 0 Å². The molecule has 5 heteroatoms. The molecule has 1 aromatic heterocycles. The van der Waals surface area contributed by atoms with Gasteiger partial charge in [0, 0.05) is 18.7 Å². The second-order valence-corrected chi connectivity index (χ2v) is 6.11. The smallest absolute Gasteiger partial charge is 0.347 e. The van der Waals surface area contributed by atoms with E-state index in [1.807, 2.05) is 43.1 Å². The van der Waals surface area contributed by atoms with Crippen molar-refractivity contribution >= 4 is 28.1 Å². The largest absolute Gasteiger partial charge is 0.477 e. The number of thiazole rings is 1. The average molecular weight is 288 g/mol. The summed E-state index contributed by atoms with van der Waals surface area (Å²) >= 11 is 1.26. The Morgan fingerprint density at radius 2 is 2.10 bits per heavy atom. The summed E-state index contributed by atoms with van der Waals surface area (Å²) in [6, 6.07) is 8.03. The molecule has 0 atom stereocenters. The fourth-order valence-corrected chi connectivity index (χ4v) is 3.26. The highest BCUT2D eigenvalue weighted by atomic mass is 32.1. The number of hydrogen-bond donors (Lipinski definition) is 1. The Morgan fingerprint density at radius 1 is 1.40 bits per heavy atom. The SMILES string of the molecule is Cc1ccccc1N(C)c1nc(C2CC2)c(C(=O)O)s1. The summed E-state index contributed by atoms with van der Waals surface area (Å²) in [7, 11) is 1.93. The van der Waals surface area contributed by atoms with Crippen LogP contribution in [0.4, 0.5) is 10.8 Å². The molecule has 0 radical (unpaired) electrons. The van der Waals surface area contributed by atoms with Gasteiger partial charge < -0.3 is 10.0 Å². The van der Waals surface area contributed by atoms with Gasteiger partial charge in [0.25, 0.3) is 0 Å². The van der Waals surface area contributed by atoms with Gasteiger partial charge in [-0.25, -0.2) is 9.78 Å². The minimum absolute atomic E-state index is 0.344. The molecule has 20 heavy (non-hydrogen) atoms. The van der Waals surface area contributed by atoms with E-state index in [1.54, 1.807) is 0 Å². The van der Waals surface area contributed by atoms with Crippen molar-refractivity contribution in [3.63, 3.8) is 0 Å². The van der Waals surface area contributed by atoms with Crippen LogP contribution in [0.1, 0.15) is 39.7 Å². The lowest BCUT2D eigenvalue weighted by atomic mass is 10.2. The van der Waals surface area contributed by atoms with Gasteiger partial charge in [-0.3, -0.25) is 0 Å². The zero-order valence-corrected chi connectivity index (χ0v) is 12.3. The minimum atomic E-state index is -0.867. The molecule has 0 saturated heterocycles. The predicted molar refractivity (Wildman–Crippen MR) is 80.3 cm³/mol. The number of carbonyl (C=O) groups is 1. The van der Waals surface area contributed by atoms with Crippen molar-refractivity contribution < 1.29 is 9.90 Å². The molecule has 104 valence electrons. The Kier molecular flexibility index (Phi) is 3.22. The van der Waals surface area contributed by atoms with Gasteiger partial charge in [-0.15, -0.1) is 0 Å². The Morgan fingerprint density at radius 3 is 2.70 bits per heavy atom. The number of hydrogen-bond acceptors (Lipinski definition) is 4. The standard InChI is InChI=1S/C15H16N2O2S/c1-9-5-3-4-6-11(9)17(2)15-16-12(10-7-8-10)13(20-15)14(18)19/h3-6,10H,7-8H2,1-2H3,(H,18,19). The van der Waals surface area contributed by atoms with Crippen molar-refractivity contribution in [1.82, 2.24) is 4.98 Å². The molecule has 0 bridgehead atoms. The average Bonchev–Trinajstić information content (AvgIpc) is 3.17. The molecule has 0 aliphatic heterocycles. The number of carboxylic acid groups (broad SMARTS) is 1. The molecule has 0 unspecified atom stereocenters. The van der Waals surface area contributed by atoms with Crippen LogP contribution in [0, 0.1) is 6.92 Å². The highest BCUT2D eigenvalue weighted by Gasteiger charge is 2.32. The number of nitrogens with zero attached hydrogens (tertiary/aromatic N) is 2. The molecule has 3 rings (SSSR count). The quantitative estimate of drug-likeness (QED) is 0.930. The zero-order chi connectivity index (χ0) is 14.3. The third kappa shape index (κ3) is 2.29. The topological polar surface area (TPSA) is 53.4 Å². The van der Waals surface area contributed by atoms with E-state index in [-0.39, 0.29) is 0 Å². The summed E-state index contributed by atoms with van der Waals surface area (Å²) in [5.41, 5.74) is 2.97. The Balaban J connectivity index is 2.00. The van der Waals surface area contributed by atoms with E-state index in [2.05, 4.69) is 4.98 Å². The normalized spacial score (nSPS) is 14.3. The first-order valence-electron chi connectivity index (χ1n) is 6.61. The summed E-state index contributed by atoms with van der Waals surface area (Å²) in [5, 5.41) is 10.1. The summed E-state index contributed by atoms with van der Waals surface area (Å²) < 4.78 is 0. The molecule has 1 N–H and O–H groups in total. The predicted octanol–water partition coefficient (Wildman–Crippen LogP) is 3.80.